The van der Waals surface area contributed by atoms with Gasteiger partial charge in [0.1, 0.15) is 0 Å². The Morgan fingerprint density at radius 3 is 2.38 bits per heavy atom. The number of anilines is 1. The Kier molecular flexibility index (Phi) is 7.04. The first-order chi connectivity index (χ1) is 14.1. The summed E-state index contributed by atoms with van der Waals surface area (Å²) in [6.45, 7) is 2.07. The molecule has 2 amide bonds. The maximum Gasteiger partial charge on any atom is 0.253 e. The molecule has 0 heterocycles. The molecule has 148 valence electrons. The van der Waals surface area contributed by atoms with Gasteiger partial charge in [-0.15, -0.1) is 0 Å². The lowest BCUT2D eigenvalue weighted by atomic mass is 10.0. The third-order valence-electron chi connectivity index (χ3n) is 4.63. The van der Waals surface area contributed by atoms with Gasteiger partial charge < -0.3 is 10.6 Å². The molecule has 0 fully saturated rings. The molecular weight excluding hydrogens is 384 g/mol. The van der Waals surface area contributed by atoms with Gasteiger partial charge in [-0.25, -0.2) is 0 Å². The second-order valence-electron chi connectivity index (χ2n) is 6.72. The highest BCUT2D eigenvalue weighted by Gasteiger charge is 2.20. The monoisotopic (exact) mass is 406 g/mol. The molecule has 0 spiro atoms. The van der Waals surface area contributed by atoms with Crippen LogP contribution in [-0.2, 0) is 11.2 Å². The van der Waals surface area contributed by atoms with E-state index in [-0.39, 0.29) is 18.2 Å². The highest BCUT2D eigenvalue weighted by molar-refractivity contribution is 6.33. The summed E-state index contributed by atoms with van der Waals surface area (Å²) < 4.78 is 0. The molecule has 0 aliphatic heterocycles. The van der Waals surface area contributed by atoms with Crippen LogP contribution in [-0.4, -0.2) is 11.8 Å². The van der Waals surface area contributed by atoms with Gasteiger partial charge in [0.05, 0.1) is 23.0 Å². The predicted molar refractivity (Wildman–Crippen MR) is 117 cm³/mol. The van der Waals surface area contributed by atoms with Crippen molar-refractivity contribution in [2.45, 2.75) is 25.8 Å². The van der Waals surface area contributed by atoms with E-state index in [1.165, 1.54) is 0 Å². The van der Waals surface area contributed by atoms with Crippen molar-refractivity contribution in [3.63, 3.8) is 0 Å². The molecule has 0 aromatic heterocycles. The Hall–Kier alpha value is -3.11. The van der Waals surface area contributed by atoms with Crippen molar-refractivity contribution < 1.29 is 9.59 Å². The standard InChI is InChI=1S/C24H23ClN2O2/c1-2-17-9-8-12-19(15-17)26-23(28)16-22(18-10-4-3-5-11-18)27-24(29)20-13-6-7-14-21(20)25/h3-15,22H,2,16H2,1H3,(H,26,28)(H,27,29)/t22-/m1/s1. The minimum absolute atomic E-state index is 0.108. The molecule has 29 heavy (non-hydrogen) atoms. The molecule has 0 aliphatic rings. The van der Waals surface area contributed by atoms with Crippen LogP contribution in [0.1, 0.15) is 40.9 Å². The SMILES string of the molecule is CCc1cccc(NC(=O)C[C@@H](NC(=O)c2ccccc2Cl)c2ccccc2)c1. The van der Waals surface area contributed by atoms with E-state index in [9.17, 15) is 9.59 Å². The van der Waals surface area contributed by atoms with Crippen LogP contribution in [0.3, 0.4) is 0 Å². The van der Waals surface area contributed by atoms with Crippen LogP contribution in [0.5, 0.6) is 0 Å². The van der Waals surface area contributed by atoms with E-state index < -0.39 is 6.04 Å². The number of carbonyl (C=O) groups excluding carboxylic acids is 2. The van der Waals surface area contributed by atoms with Crippen LogP contribution in [0.15, 0.2) is 78.9 Å². The molecular formula is C24H23ClN2O2. The summed E-state index contributed by atoms with van der Waals surface area (Å²) in [4.78, 5) is 25.4. The van der Waals surface area contributed by atoms with Gasteiger partial charge in [-0.1, -0.05) is 73.1 Å². The first-order valence-corrected chi connectivity index (χ1v) is 9.93. The zero-order chi connectivity index (χ0) is 20.6. The van der Waals surface area contributed by atoms with Crippen LogP contribution < -0.4 is 10.6 Å². The highest BCUT2D eigenvalue weighted by atomic mass is 35.5. The molecule has 3 rings (SSSR count). The summed E-state index contributed by atoms with van der Waals surface area (Å²) in [7, 11) is 0. The molecule has 0 radical (unpaired) electrons. The molecule has 4 nitrogen and oxygen atoms in total. The molecule has 3 aromatic rings. The maximum atomic E-state index is 12.7. The summed E-state index contributed by atoms with van der Waals surface area (Å²) in [6, 6.07) is 23.6. The number of hydrogen-bond acceptors (Lipinski definition) is 2. The van der Waals surface area contributed by atoms with Crippen molar-refractivity contribution in [3.8, 4) is 0 Å². The molecule has 0 saturated heterocycles. The summed E-state index contributed by atoms with van der Waals surface area (Å²) in [5, 5.41) is 6.24. The van der Waals surface area contributed by atoms with Crippen molar-refractivity contribution in [1.29, 1.82) is 0 Å². The lowest BCUT2D eigenvalue weighted by molar-refractivity contribution is -0.116. The van der Waals surface area contributed by atoms with Gasteiger partial charge >= 0.3 is 0 Å². The van der Waals surface area contributed by atoms with Gasteiger partial charge in [0.25, 0.3) is 5.91 Å². The van der Waals surface area contributed by atoms with Crippen molar-refractivity contribution in [2.75, 3.05) is 5.32 Å². The fourth-order valence-electron chi connectivity index (χ4n) is 3.09. The van der Waals surface area contributed by atoms with E-state index in [1.54, 1.807) is 24.3 Å². The number of hydrogen-bond donors (Lipinski definition) is 2. The Morgan fingerprint density at radius 2 is 1.66 bits per heavy atom. The van der Waals surface area contributed by atoms with Gasteiger partial charge in [-0.05, 0) is 41.8 Å². The summed E-state index contributed by atoms with van der Waals surface area (Å²) in [5.74, 6) is -0.489. The Labute approximate surface area is 175 Å². The normalized spacial score (nSPS) is 11.5. The summed E-state index contributed by atoms with van der Waals surface area (Å²) in [6.07, 6.45) is 1.00. The average Bonchev–Trinajstić information content (AvgIpc) is 2.74. The molecule has 2 N–H and O–H groups in total. The number of aryl methyl sites for hydroxylation is 1. The Balaban J connectivity index is 1.76. The predicted octanol–water partition coefficient (Wildman–Crippen LogP) is 5.40. The van der Waals surface area contributed by atoms with E-state index in [0.29, 0.717) is 10.6 Å². The van der Waals surface area contributed by atoms with Crippen LogP contribution in [0, 0.1) is 0 Å². The molecule has 0 bridgehead atoms. The summed E-state index contributed by atoms with van der Waals surface area (Å²) in [5.41, 5.74) is 3.13. The van der Waals surface area contributed by atoms with Crippen molar-refractivity contribution in [2.24, 2.45) is 0 Å². The summed E-state index contributed by atoms with van der Waals surface area (Å²) >= 11 is 6.15. The molecule has 0 unspecified atom stereocenters. The zero-order valence-electron chi connectivity index (χ0n) is 16.2. The Morgan fingerprint density at radius 1 is 0.931 bits per heavy atom. The quantitative estimate of drug-likeness (QED) is 0.551. The first kappa shape index (κ1) is 20.6. The van der Waals surface area contributed by atoms with Crippen LogP contribution in [0.2, 0.25) is 5.02 Å². The van der Waals surface area contributed by atoms with Crippen LogP contribution in [0.25, 0.3) is 0 Å². The van der Waals surface area contributed by atoms with Gasteiger partial charge in [0.15, 0.2) is 0 Å². The smallest absolute Gasteiger partial charge is 0.253 e. The topological polar surface area (TPSA) is 58.2 Å². The number of carbonyl (C=O) groups is 2. The lowest BCUT2D eigenvalue weighted by Crippen LogP contribution is -2.31. The second kappa shape index (κ2) is 9.89. The fraction of sp³-hybridized carbons (Fsp3) is 0.167. The second-order valence-corrected chi connectivity index (χ2v) is 7.13. The van der Waals surface area contributed by atoms with Crippen molar-refractivity contribution >= 4 is 29.1 Å². The van der Waals surface area contributed by atoms with E-state index in [0.717, 1.165) is 23.2 Å². The maximum absolute atomic E-state index is 12.7. The van der Waals surface area contributed by atoms with Crippen molar-refractivity contribution in [1.82, 2.24) is 5.32 Å². The average molecular weight is 407 g/mol. The largest absolute Gasteiger partial charge is 0.345 e. The zero-order valence-corrected chi connectivity index (χ0v) is 16.9. The lowest BCUT2D eigenvalue weighted by Gasteiger charge is -2.19. The molecule has 3 aromatic carbocycles. The van der Waals surface area contributed by atoms with Crippen molar-refractivity contribution in [3.05, 3.63) is 101 Å². The highest BCUT2D eigenvalue weighted by Crippen LogP contribution is 2.21. The number of amides is 2. The van der Waals surface area contributed by atoms with Gasteiger partial charge in [0.2, 0.25) is 5.91 Å². The first-order valence-electron chi connectivity index (χ1n) is 9.56. The fourth-order valence-corrected chi connectivity index (χ4v) is 3.31. The van der Waals surface area contributed by atoms with Gasteiger partial charge in [0, 0.05) is 5.69 Å². The van der Waals surface area contributed by atoms with Gasteiger partial charge in [-0.3, -0.25) is 9.59 Å². The number of nitrogens with one attached hydrogen (secondary N) is 2. The third kappa shape index (κ3) is 5.69. The minimum Gasteiger partial charge on any atom is -0.345 e. The third-order valence-corrected chi connectivity index (χ3v) is 4.96. The number of halogens is 1. The molecule has 5 heteroatoms. The van der Waals surface area contributed by atoms with E-state index in [1.807, 2.05) is 54.6 Å². The number of benzene rings is 3. The van der Waals surface area contributed by atoms with E-state index in [2.05, 4.69) is 17.6 Å². The van der Waals surface area contributed by atoms with E-state index in [4.69, 9.17) is 11.6 Å². The van der Waals surface area contributed by atoms with E-state index >= 15 is 0 Å². The van der Waals surface area contributed by atoms with Crippen LogP contribution >= 0.6 is 11.6 Å². The minimum atomic E-state index is -0.477. The molecule has 0 saturated carbocycles. The van der Waals surface area contributed by atoms with Gasteiger partial charge in [-0.2, -0.15) is 0 Å². The molecule has 1 atom stereocenters. The molecule has 0 aliphatic carbocycles. The number of rotatable bonds is 7. The van der Waals surface area contributed by atoms with Crippen LogP contribution in [0.4, 0.5) is 5.69 Å². The Bertz CT molecular complexity index is 989.